The van der Waals surface area contributed by atoms with Crippen molar-refractivity contribution in [2.24, 2.45) is 0 Å². The highest BCUT2D eigenvalue weighted by Crippen LogP contribution is 2.12. The first-order valence-electron chi connectivity index (χ1n) is 8.49. The Labute approximate surface area is 120 Å². The Hall–Kier alpha value is -0.590. The van der Waals surface area contributed by atoms with Crippen molar-refractivity contribution in [3.63, 3.8) is 0 Å². The average Bonchev–Trinajstić information content (AvgIpc) is 2.44. The average molecular weight is 266 g/mol. The van der Waals surface area contributed by atoms with Gasteiger partial charge in [-0.15, -0.1) is 0 Å². The van der Waals surface area contributed by atoms with Gasteiger partial charge in [-0.1, -0.05) is 77.7 Å². The molecule has 0 amide bonds. The second kappa shape index (κ2) is 15.5. The summed E-state index contributed by atoms with van der Waals surface area (Å²) in [5, 5.41) is 0. The minimum atomic E-state index is 0.986. The Balaban J connectivity index is 3.46. The molecule has 1 heteroatoms. The van der Waals surface area contributed by atoms with E-state index in [1.54, 1.807) is 0 Å². The van der Waals surface area contributed by atoms with Crippen LogP contribution in [0.3, 0.4) is 0 Å². The molecule has 0 fully saturated rings. The second-order valence-electron chi connectivity index (χ2n) is 5.62. The molecule has 0 unspecified atom stereocenters. The Kier molecular flexibility index (Phi) is 15.0. The van der Waals surface area contributed by atoms with E-state index in [0.717, 1.165) is 24.7 Å². The molecule has 0 atom stereocenters. The van der Waals surface area contributed by atoms with Gasteiger partial charge in [0, 0.05) is 0 Å². The minimum absolute atomic E-state index is 0.986. The van der Waals surface area contributed by atoms with Crippen LogP contribution in [0.25, 0.3) is 0 Å². The van der Waals surface area contributed by atoms with Gasteiger partial charge in [-0.2, -0.15) is 0 Å². The van der Waals surface area contributed by atoms with Gasteiger partial charge < -0.3 is 0 Å². The SMILES string of the molecule is CCCCCCCCCC=C(C=O)CCCCCC. The van der Waals surface area contributed by atoms with Crippen molar-refractivity contribution in [3.05, 3.63) is 11.6 Å². The van der Waals surface area contributed by atoms with E-state index in [-0.39, 0.29) is 0 Å². The molecule has 0 N–H and O–H groups in total. The molecule has 0 aliphatic carbocycles. The van der Waals surface area contributed by atoms with Crippen LogP contribution in [-0.2, 0) is 4.79 Å². The molecule has 1 nitrogen and oxygen atoms in total. The summed E-state index contributed by atoms with van der Waals surface area (Å²) in [6.45, 7) is 4.48. The van der Waals surface area contributed by atoms with E-state index in [2.05, 4.69) is 19.9 Å². The molecule has 0 radical (unpaired) electrons. The number of hydrogen-bond donors (Lipinski definition) is 0. The van der Waals surface area contributed by atoms with Crippen molar-refractivity contribution in [1.29, 1.82) is 0 Å². The minimum Gasteiger partial charge on any atom is -0.298 e. The maximum absolute atomic E-state index is 10.9. The number of hydrogen-bond acceptors (Lipinski definition) is 1. The molecule has 0 rings (SSSR count). The number of aldehydes is 1. The van der Waals surface area contributed by atoms with Crippen LogP contribution < -0.4 is 0 Å². The van der Waals surface area contributed by atoms with Crippen molar-refractivity contribution in [1.82, 2.24) is 0 Å². The molecule has 0 aliphatic rings. The van der Waals surface area contributed by atoms with Crippen molar-refractivity contribution in [3.8, 4) is 0 Å². The van der Waals surface area contributed by atoms with E-state index < -0.39 is 0 Å². The van der Waals surface area contributed by atoms with Crippen LogP contribution in [0.4, 0.5) is 0 Å². The van der Waals surface area contributed by atoms with Gasteiger partial charge in [-0.25, -0.2) is 0 Å². The van der Waals surface area contributed by atoms with E-state index >= 15 is 0 Å². The summed E-state index contributed by atoms with van der Waals surface area (Å²) in [5.41, 5.74) is 1.03. The number of carbonyl (C=O) groups is 1. The molecular weight excluding hydrogens is 232 g/mol. The summed E-state index contributed by atoms with van der Waals surface area (Å²) in [7, 11) is 0. The maximum atomic E-state index is 10.9. The smallest absolute Gasteiger partial charge is 0.145 e. The molecule has 0 aromatic carbocycles. The number of rotatable bonds is 14. The Morgan fingerprint density at radius 3 is 1.84 bits per heavy atom. The quantitative estimate of drug-likeness (QED) is 0.207. The fourth-order valence-corrected chi connectivity index (χ4v) is 2.35. The van der Waals surface area contributed by atoms with E-state index in [4.69, 9.17) is 0 Å². The number of unbranched alkanes of at least 4 members (excludes halogenated alkanes) is 10. The van der Waals surface area contributed by atoms with E-state index in [0.29, 0.717) is 0 Å². The monoisotopic (exact) mass is 266 g/mol. The first kappa shape index (κ1) is 18.4. The number of carbonyl (C=O) groups excluding carboxylic acids is 1. The summed E-state index contributed by atoms with van der Waals surface area (Å²) in [4.78, 5) is 10.9. The van der Waals surface area contributed by atoms with Gasteiger partial charge in [0.05, 0.1) is 0 Å². The molecule has 112 valence electrons. The van der Waals surface area contributed by atoms with Crippen LogP contribution in [0.2, 0.25) is 0 Å². The van der Waals surface area contributed by atoms with Gasteiger partial charge in [-0.3, -0.25) is 4.79 Å². The third-order valence-corrected chi connectivity index (χ3v) is 3.68. The van der Waals surface area contributed by atoms with Crippen LogP contribution in [0.1, 0.15) is 97.3 Å². The highest BCUT2D eigenvalue weighted by molar-refractivity contribution is 5.72. The van der Waals surface area contributed by atoms with Crippen LogP contribution in [0.15, 0.2) is 11.6 Å². The van der Waals surface area contributed by atoms with Crippen molar-refractivity contribution >= 4 is 6.29 Å². The van der Waals surface area contributed by atoms with Crippen LogP contribution in [-0.4, -0.2) is 6.29 Å². The summed E-state index contributed by atoms with van der Waals surface area (Å²) in [5.74, 6) is 0. The van der Waals surface area contributed by atoms with Gasteiger partial charge in [0.2, 0.25) is 0 Å². The molecule has 0 heterocycles. The summed E-state index contributed by atoms with van der Waals surface area (Å²) >= 11 is 0. The second-order valence-corrected chi connectivity index (χ2v) is 5.62. The van der Waals surface area contributed by atoms with Crippen molar-refractivity contribution < 1.29 is 4.79 Å². The molecule has 0 aliphatic heterocycles. The summed E-state index contributed by atoms with van der Waals surface area (Å²) in [6, 6.07) is 0. The topological polar surface area (TPSA) is 17.1 Å². The van der Waals surface area contributed by atoms with Gasteiger partial charge in [0.15, 0.2) is 0 Å². The summed E-state index contributed by atoms with van der Waals surface area (Å²) in [6.07, 6.45) is 19.7. The van der Waals surface area contributed by atoms with E-state index in [1.165, 1.54) is 70.6 Å². The molecule has 0 aromatic heterocycles. The fourth-order valence-electron chi connectivity index (χ4n) is 2.35. The van der Waals surface area contributed by atoms with E-state index in [1.807, 2.05) is 0 Å². The molecule has 0 saturated carbocycles. The van der Waals surface area contributed by atoms with Crippen LogP contribution >= 0.6 is 0 Å². The first-order valence-corrected chi connectivity index (χ1v) is 8.49. The lowest BCUT2D eigenvalue weighted by molar-refractivity contribution is -0.105. The van der Waals surface area contributed by atoms with Crippen molar-refractivity contribution in [2.45, 2.75) is 97.3 Å². The zero-order valence-corrected chi connectivity index (χ0v) is 13.3. The standard InChI is InChI=1S/C18H34O/c1-3-5-7-9-10-11-12-14-16-18(17-19)15-13-8-6-4-2/h16-17H,3-15H2,1-2H3. The molecule has 0 aromatic rings. The largest absolute Gasteiger partial charge is 0.298 e. The summed E-state index contributed by atoms with van der Waals surface area (Å²) < 4.78 is 0. The van der Waals surface area contributed by atoms with Gasteiger partial charge >= 0.3 is 0 Å². The third-order valence-electron chi connectivity index (χ3n) is 3.68. The normalized spacial score (nSPS) is 11.8. The highest BCUT2D eigenvalue weighted by atomic mass is 16.1. The van der Waals surface area contributed by atoms with Gasteiger partial charge in [-0.05, 0) is 31.3 Å². The molecule has 19 heavy (non-hydrogen) atoms. The lowest BCUT2D eigenvalue weighted by Gasteiger charge is -2.01. The Morgan fingerprint density at radius 2 is 1.26 bits per heavy atom. The predicted octanol–water partition coefficient (Wildman–Crippen LogP) is 6.22. The predicted molar refractivity (Wildman–Crippen MR) is 85.5 cm³/mol. The zero-order chi connectivity index (χ0) is 14.2. The zero-order valence-electron chi connectivity index (χ0n) is 13.3. The Morgan fingerprint density at radius 1 is 0.737 bits per heavy atom. The highest BCUT2D eigenvalue weighted by Gasteiger charge is 1.96. The molecule has 0 spiro atoms. The Bertz CT molecular complexity index is 218. The fraction of sp³-hybridized carbons (Fsp3) is 0.833. The lowest BCUT2D eigenvalue weighted by atomic mass is 10.0. The molecule has 0 bridgehead atoms. The van der Waals surface area contributed by atoms with Crippen LogP contribution in [0, 0.1) is 0 Å². The molecule has 0 saturated heterocycles. The van der Waals surface area contributed by atoms with Crippen LogP contribution in [0.5, 0.6) is 0 Å². The van der Waals surface area contributed by atoms with Gasteiger partial charge in [0.1, 0.15) is 6.29 Å². The maximum Gasteiger partial charge on any atom is 0.145 e. The first-order chi connectivity index (χ1) is 9.35. The number of allylic oxidation sites excluding steroid dienone is 2. The van der Waals surface area contributed by atoms with Crippen molar-refractivity contribution in [2.75, 3.05) is 0 Å². The third kappa shape index (κ3) is 13.6. The molecular formula is C18H34O. The van der Waals surface area contributed by atoms with E-state index in [9.17, 15) is 4.79 Å². The van der Waals surface area contributed by atoms with Gasteiger partial charge in [0.25, 0.3) is 0 Å². The lowest BCUT2D eigenvalue weighted by Crippen LogP contribution is -1.87.